The van der Waals surface area contributed by atoms with Crippen molar-refractivity contribution in [1.82, 2.24) is 29.1 Å². The fourth-order valence-corrected chi connectivity index (χ4v) is 3.00. The van der Waals surface area contributed by atoms with Crippen molar-refractivity contribution in [3.8, 4) is 11.5 Å². The molecule has 0 aliphatic carbocycles. The fourth-order valence-electron chi connectivity index (χ4n) is 3.00. The molecular weight excluding hydrogens is 306 g/mol. The minimum atomic E-state index is 0.0305. The maximum atomic E-state index is 9.33. The normalized spacial score (nSPS) is 11.6. The molecule has 122 valence electrons. The van der Waals surface area contributed by atoms with Crippen molar-refractivity contribution in [3.63, 3.8) is 0 Å². The molecule has 0 saturated heterocycles. The molecule has 0 amide bonds. The van der Waals surface area contributed by atoms with Crippen LogP contribution in [0.1, 0.15) is 11.3 Å². The highest BCUT2D eigenvalue weighted by molar-refractivity contribution is 5.95. The lowest BCUT2D eigenvalue weighted by molar-refractivity contribution is 0.276. The van der Waals surface area contributed by atoms with Crippen LogP contribution in [0.2, 0.25) is 0 Å². The zero-order valence-electron chi connectivity index (χ0n) is 13.4. The van der Waals surface area contributed by atoms with E-state index in [-0.39, 0.29) is 12.6 Å². The average Bonchev–Trinajstić information content (AvgIpc) is 3.13. The lowest BCUT2D eigenvalue weighted by Gasteiger charge is -2.05. The van der Waals surface area contributed by atoms with E-state index in [0.29, 0.717) is 29.4 Å². The first-order valence-corrected chi connectivity index (χ1v) is 7.65. The number of hydrogen-bond donors (Lipinski definition) is 2. The Kier molecular flexibility index (Phi) is 3.20. The van der Waals surface area contributed by atoms with E-state index < -0.39 is 0 Å². The van der Waals surface area contributed by atoms with Gasteiger partial charge in [0.05, 0.1) is 12.0 Å². The number of pyridine rings is 1. The molecule has 0 radical (unpaired) electrons. The van der Waals surface area contributed by atoms with Crippen LogP contribution in [-0.4, -0.2) is 40.8 Å². The molecule has 0 fully saturated rings. The second-order valence-corrected chi connectivity index (χ2v) is 5.64. The van der Waals surface area contributed by atoms with Crippen LogP contribution < -0.4 is 5.73 Å². The second kappa shape index (κ2) is 5.27. The van der Waals surface area contributed by atoms with Crippen LogP contribution in [0.15, 0.2) is 24.4 Å². The molecule has 0 spiro atoms. The van der Waals surface area contributed by atoms with Crippen molar-refractivity contribution in [2.45, 2.75) is 20.4 Å². The third kappa shape index (κ3) is 1.96. The minimum Gasteiger partial charge on any atom is -0.395 e. The van der Waals surface area contributed by atoms with E-state index in [0.717, 1.165) is 16.6 Å². The molecule has 4 heterocycles. The molecule has 8 nitrogen and oxygen atoms in total. The summed E-state index contributed by atoms with van der Waals surface area (Å²) in [7, 11) is 0. The van der Waals surface area contributed by atoms with Crippen LogP contribution in [0.25, 0.3) is 28.2 Å². The first-order chi connectivity index (χ1) is 11.6. The molecule has 24 heavy (non-hydrogen) atoms. The molecule has 4 aromatic rings. The Morgan fingerprint density at radius 3 is 2.71 bits per heavy atom. The van der Waals surface area contributed by atoms with Crippen LogP contribution in [0.3, 0.4) is 0 Å². The first-order valence-electron chi connectivity index (χ1n) is 7.65. The Balaban J connectivity index is 2.08. The number of nitrogens with two attached hydrogens (primary N) is 1. The molecule has 4 aromatic heterocycles. The van der Waals surface area contributed by atoms with E-state index >= 15 is 0 Å². The molecule has 0 aliphatic rings. The van der Waals surface area contributed by atoms with E-state index in [4.69, 9.17) is 5.73 Å². The van der Waals surface area contributed by atoms with Crippen LogP contribution >= 0.6 is 0 Å². The number of aromatic nitrogens is 6. The van der Waals surface area contributed by atoms with Gasteiger partial charge in [-0.3, -0.25) is 4.98 Å². The van der Waals surface area contributed by atoms with Gasteiger partial charge in [-0.15, -0.1) is 5.10 Å². The van der Waals surface area contributed by atoms with Gasteiger partial charge in [-0.05, 0) is 31.5 Å². The maximum Gasteiger partial charge on any atom is 0.225 e. The number of fused-ring (bicyclic) bond motifs is 3. The highest BCUT2D eigenvalue weighted by Gasteiger charge is 2.20. The number of aliphatic hydroxyl groups is 1. The van der Waals surface area contributed by atoms with Crippen LogP contribution in [0.5, 0.6) is 0 Å². The minimum absolute atomic E-state index is 0.0305. The quantitative estimate of drug-likeness (QED) is 0.589. The van der Waals surface area contributed by atoms with Gasteiger partial charge in [0.25, 0.3) is 0 Å². The topological polar surface area (TPSA) is 107 Å². The average molecular weight is 323 g/mol. The van der Waals surface area contributed by atoms with E-state index in [1.807, 2.05) is 36.6 Å². The number of nitrogens with zero attached hydrogens (tertiary/aromatic N) is 6. The molecular formula is C16H17N7O. The zero-order valence-corrected chi connectivity index (χ0v) is 13.4. The van der Waals surface area contributed by atoms with Crippen molar-refractivity contribution in [1.29, 1.82) is 0 Å². The Morgan fingerprint density at radius 1 is 1.17 bits per heavy atom. The zero-order chi connectivity index (χ0) is 16.8. The lowest BCUT2D eigenvalue weighted by Crippen LogP contribution is -2.07. The van der Waals surface area contributed by atoms with Gasteiger partial charge < -0.3 is 15.4 Å². The highest BCUT2D eigenvalue weighted by Crippen LogP contribution is 2.29. The number of aliphatic hydroxyl groups excluding tert-OH is 1. The van der Waals surface area contributed by atoms with Gasteiger partial charge in [-0.25, -0.2) is 4.98 Å². The summed E-state index contributed by atoms with van der Waals surface area (Å²) in [5.74, 6) is 0.757. The largest absolute Gasteiger partial charge is 0.395 e. The molecule has 0 saturated carbocycles. The van der Waals surface area contributed by atoms with E-state index in [2.05, 4.69) is 20.1 Å². The van der Waals surface area contributed by atoms with E-state index in [1.165, 1.54) is 0 Å². The van der Waals surface area contributed by atoms with Crippen molar-refractivity contribution in [3.05, 3.63) is 35.7 Å². The molecule has 0 atom stereocenters. The van der Waals surface area contributed by atoms with Crippen LogP contribution in [0, 0.1) is 13.8 Å². The molecule has 0 aliphatic heterocycles. The monoisotopic (exact) mass is 323 g/mol. The van der Waals surface area contributed by atoms with Gasteiger partial charge in [-0.1, -0.05) is 6.07 Å². The number of nitrogen functional groups attached to an aromatic ring is 1. The molecule has 8 heteroatoms. The summed E-state index contributed by atoms with van der Waals surface area (Å²) in [6, 6.07) is 5.58. The van der Waals surface area contributed by atoms with E-state index in [1.54, 1.807) is 10.7 Å². The smallest absolute Gasteiger partial charge is 0.225 e. The summed E-state index contributed by atoms with van der Waals surface area (Å²) in [4.78, 5) is 13.4. The van der Waals surface area contributed by atoms with E-state index in [9.17, 15) is 5.11 Å². The summed E-state index contributed by atoms with van der Waals surface area (Å²) in [6.45, 7) is 4.50. The molecule has 4 rings (SSSR count). The predicted octanol–water partition coefficient (Wildman–Crippen LogP) is 1.33. The maximum absolute atomic E-state index is 9.33. The molecule has 0 unspecified atom stereocenters. The van der Waals surface area contributed by atoms with Crippen LogP contribution in [0.4, 0.5) is 5.95 Å². The van der Waals surface area contributed by atoms with Gasteiger partial charge in [0.2, 0.25) is 11.8 Å². The highest BCUT2D eigenvalue weighted by atomic mass is 16.3. The summed E-state index contributed by atoms with van der Waals surface area (Å²) in [5, 5.41) is 14.7. The summed E-state index contributed by atoms with van der Waals surface area (Å²) >= 11 is 0. The van der Waals surface area contributed by atoms with Crippen molar-refractivity contribution in [2.24, 2.45) is 0 Å². The Hall–Kier alpha value is -3.00. The molecule has 0 aromatic carbocycles. The SMILES string of the molecule is Cc1c(C)n(CCO)c2nc(N)n3nc(-c4ccccn4)nc3c12. The predicted molar refractivity (Wildman–Crippen MR) is 90.5 cm³/mol. The third-order valence-electron chi connectivity index (χ3n) is 4.29. The number of anilines is 1. The van der Waals surface area contributed by atoms with Gasteiger partial charge >= 0.3 is 0 Å². The summed E-state index contributed by atoms with van der Waals surface area (Å²) in [6.07, 6.45) is 1.70. The summed E-state index contributed by atoms with van der Waals surface area (Å²) in [5.41, 5.74) is 10.2. The Labute approximate surface area is 137 Å². The van der Waals surface area contributed by atoms with Crippen molar-refractivity contribution < 1.29 is 5.11 Å². The standard InChI is InChI=1S/C16H17N7O/c1-9-10(2)22(7-8-24)14-12(9)15-19-13(11-5-3-4-6-18-11)21-23(15)16(17)20-14/h3-6,24H,7-8H2,1-2H3,(H2,17,20). The summed E-state index contributed by atoms with van der Waals surface area (Å²) < 4.78 is 3.50. The van der Waals surface area contributed by atoms with Gasteiger partial charge in [0.15, 0.2) is 5.65 Å². The van der Waals surface area contributed by atoms with Crippen LogP contribution in [-0.2, 0) is 6.54 Å². The number of hydrogen-bond acceptors (Lipinski definition) is 6. The fraction of sp³-hybridized carbons (Fsp3) is 0.250. The van der Waals surface area contributed by atoms with Crippen molar-refractivity contribution in [2.75, 3.05) is 12.3 Å². The van der Waals surface area contributed by atoms with Gasteiger partial charge in [0, 0.05) is 18.4 Å². The number of rotatable bonds is 3. The third-order valence-corrected chi connectivity index (χ3v) is 4.29. The Morgan fingerprint density at radius 2 is 2.00 bits per heavy atom. The second-order valence-electron chi connectivity index (χ2n) is 5.64. The van der Waals surface area contributed by atoms with Gasteiger partial charge in [-0.2, -0.15) is 9.50 Å². The number of aryl methyl sites for hydroxylation is 1. The van der Waals surface area contributed by atoms with Crippen molar-refractivity contribution >= 4 is 22.6 Å². The molecule has 3 N–H and O–H groups in total. The van der Waals surface area contributed by atoms with Gasteiger partial charge in [0.1, 0.15) is 11.3 Å². The lowest BCUT2D eigenvalue weighted by atomic mass is 10.2. The Bertz CT molecular complexity index is 1050. The first kappa shape index (κ1) is 14.6. The molecule has 0 bridgehead atoms.